The van der Waals surface area contributed by atoms with Gasteiger partial charge in [0.2, 0.25) is 0 Å². The summed E-state index contributed by atoms with van der Waals surface area (Å²) in [6.07, 6.45) is -0.775. The first-order valence-electron chi connectivity index (χ1n) is 9.97. The van der Waals surface area contributed by atoms with E-state index in [0.29, 0.717) is 5.92 Å². The first kappa shape index (κ1) is 21.0. The van der Waals surface area contributed by atoms with Gasteiger partial charge in [0.05, 0.1) is 22.3 Å². The van der Waals surface area contributed by atoms with Gasteiger partial charge in [0, 0.05) is 11.1 Å². The Balaban J connectivity index is 1.69. The Kier molecular flexibility index (Phi) is 5.45. The molecule has 2 heterocycles. The molecule has 1 saturated carbocycles. The minimum absolute atomic E-state index is 0.164. The van der Waals surface area contributed by atoms with Crippen LogP contribution in [0, 0.1) is 5.92 Å². The Morgan fingerprint density at radius 2 is 1.87 bits per heavy atom. The number of hydrogen-bond donors (Lipinski definition) is 3. The lowest BCUT2D eigenvalue weighted by Gasteiger charge is -2.52. The highest BCUT2D eigenvalue weighted by molar-refractivity contribution is 6.33. The largest absolute Gasteiger partial charge is 0.418 e. The van der Waals surface area contributed by atoms with Gasteiger partial charge < -0.3 is 16.4 Å². The Labute approximate surface area is 178 Å². The minimum atomic E-state index is -4.70. The molecule has 2 aromatic carbocycles. The van der Waals surface area contributed by atoms with Gasteiger partial charge >= 0.3 is 6.18 Å². The average molecular weight is 438 g/mol. The standard InChI is InChI=1S/C22H23ClF3N3O/c23-17-11-15(10-16(18(17)27)22(24,25)26)20(30)29-19(14-4-2-1-3-5-14)21-8-6-13(7-9-21)12-28-21/h1-5,10-11,13,19,28H,6-9,12,27H2,(H,29,30). The van der Waals surface area contributed by atoms with E-state index in [0.717, 1.165) is 43.9 Å². The van der Waals surface area contributed by atoms with Crippen molar-refractivity contribution in [3.8, 4) is 0 Å². The average Bonchev–Trinajstić information content (AvgIpc) is 2.74. The number of amides is 1. The SMILES string of the molecule is Nc1c(Cl)cc(C(=O)NC(c2ccccc2)C23CCC(CC2)CN3)cc1C(F)(F)F. The normalized spacial score (nSPS) is 24.5. The molecule has 4 nitrogen and oxygen atoms in total. The number of hydrogen-bond acceptors (Lipinski definition) is 3. The molecule has 2 aliphatic heterocycles. The molecule has 3 aliphatic rings. The summed E-state index contributed by atoms with van der Waals surface area (Å²) >= 11 is 5.92. The molecule has 2 aromatic rings. The number of halogens is 4. The maximum absolute atomic E-state index is 13.3. The van der Waals surface area contributed by atoms with E-state index in [1.807, 2.05) is 30.3 Å². The summed E-state index contributed by atoms with van der Waals surface area (Å²) < 4.78 is 40.0. The van der Waals surface area contributed by atoms with Crippen molar-refractivity contribution in [2.75, 3.05) is 12.3 Å². The number of rotatable bonds is 4. The summed E-state index contributed by atoms with van der Waals surface area (Å²) in [5.41, 5.74) is 4.24. The smallest absolute Gasteiger partial charge is 0.397 e. The van der Waals surface area contributed by atoms with E-state index >= 15 is 0 Å². The van der Waals surface area contributed by atoms with E-state index in [-0.39, 0.29) is 22.2 Å². The number of piperidine rings is 2. The van der Waals surface area contributed by atoms with Crippen LogP contribution in [0.5, 0.6) is 0 Å². The molecule has 0 aromatic heterocycles. The zero-order valence-corrected chi connectivity index (χ0v) is 17.0. The van der Waals surface area contributed by atoms with Gasteiger partial charge in [0.1, 0.15) is 0 Å². The van der Waals surface area contributed by atoms with E-state index in [9.17, 15) is 18.0 Å². The molecule has 3 fully saturated rings. The molecule has 1 atom stereocenters. The molecule has 1 aliphatic carbocycles. The van der Waals surface area contributed by atoms with E-state index < -0.39 is 23.3 Å². The molecule has 1 amide bonds. The third-order valence-corrected chi connectivity index (χ3v) is 6.71. The van der Waals surface area contributed by atoms with Gasteiger partial charge in [0.25, 0.3) is 5.91 Å². The van der Waals surface area contributed by atoms with Gasteiger partial charge in [-0.3, -0.25) is 4.79 Å². The molecule has 30 heavy (non-hydrogen) atoms. The quantitative estimate of drug-likeness (QED) is 0.593. The van der Waals surface area contributed by atoms with Crippen LogP contribution < -0.4 is 16.4 Å². The number of nitrogens with two attached hydrogens (primary N) is 1. The Morgan fingerprint density at radius 3 is 2.43 bits per heavy atom. The van der Waals surface area contributed by atoms with E-state index in [4.69, 9.17) is 17.3 Å². The van der Waals surface area contributed by atoms with E-state index in [1.165, 1.54) is 6.07 Å². The molecule has 2 bridgehead atoms. The molecular weight excluding hydrogens is 415 g/mol. The molecule has 0 radical (unpaired) electrons. The van der Waals surface area contributed by atoms with Crippen molar-refractivity contribution in [2.45, 2.75) is 43.4 Å². The van der Waals surface area contributed by atoms with Crippen molar-refractivity contribution in [3.63, 3.8) is 0 Å². The second-order valence-corrected chi connectivity index (χ2v) is 8.62. The lowest BCUT2D eigenvalue weighted by Crippen LogP contribution is -2.62. The number of carbonyl (C=O) groups excluding carboxylic acids is 1. The molecule has 0 spiro atoms. The Hall–Kier alpha value is -2.25. The number of anilines is 1. The van der Waals surface area contributed by atoms with Gasteiger partial charge in [-0.2, -0.15) is 13.2 Å². The van der Waals surface area contributed by atoms with Gasteiger partial charge in [-0.05, 0) is 55.8 Å². The van der Waals surface area contributed by atoms with Crippen LogP contribution in [-0.4, -0.2) is 18.0 Å². The fraction of sp³-hybridized carbons (Fsp3) is 0.409. The fourth-order valence-electron chi connectivity index (χ4n) is 4.70. The van der Waals surface area contributed by atoms with Crippen LogP contribution in [0.4, 0.5) is 18.9 Å². The number of carbonyl (C=O) groups is 1. The van der Waals surface area contributed by atoms with Crippen LogP contribution in [-0.2, 0) is 6.18 Å². The predicted molar refractivity (Wildman–Crippen MR) is 110 cm³/mol. The number of benzene rings is 2. The van der Waals surface area contributed by atoms with Crippen molar-refractivity contribution < 1.29 is 18.0 Å². The number of alkyl halides is 3. The van der Waals surface area contributed by atoms with Crippen molar-refractivity contribution >= 4 is 23.2 Å². The lowest BCUT2D eigenvalue weighted by atomic mass is 9.67. The maximum Gasteiger partial charge on any atom is 0.418 e. The summed E-state index contributed by atoms with van der Waals surface area (Å²) in [6.45, 7) is 0.880. The fourth-order valence-corrected chi connectivity index (χ4v) is 4.92. The van der Waals surface area contributed by atoms with Crippen molar-refractivity contribution in [2.24, 2.45) is 5.92 Å². The number of nitrogens with one attached hydrogen (secondary N) is 2. The van der Waals surface area contributed by atoms with E-state index in [1.54, 1.807) is 0 Å². The minimum Gasteiger partial charge on any atom is -0.397 e. The highest BCUT2D eigenvalue weighted by Gasteiger charge is 2.47. The summed E-state index contributed by atoms with van der Waals surface area (Å²) in [6, 6.07) is 11.1. The number of fused-ring (bicyclic) bond motifs is 3. The Bertz CT molecular complexity index is 927. The van der Waals surface area contributed by atoms with Crippen molar-refractivity contribution in [1.29, 1.82) is 0 Å². The highest BCUT2D eigenvalue weighted by atomic mass is 35.5. The summed E-state index contributed by atoms with van der Waals surface area (Å²) in [5, 5.41) is 6.30. The van der Waals surface area contributed by atoms with Gasteiger partial charge in [-0.1, -0.05) is 41.9 Å². The van der Waals surface area contributed by atoms with Crippen LogP contribution in [0.2, 0.25) is 5.02 Å². The third kappa shape index (κ3) is 3.88. The summed E-state index contributed by atoms with van der Waals surface area (Å²) in [4.78, 5) is 13.1. The van der Waals surface area contributed by atoms with Crippen molar-refractivity contribution in [3.05, 3.63) is 64.2 Å². The molecule has 160 valence electrons. The monoisotopic (exact) mass is 437 g/mol. The van der Waals surface area contributed by atoms with Crippen LogP contribution in [0.25, 0.3) is 0 Å². The van der Waals surface area contributed by atoms with Crippen LogP contribution in [0.15, 0.2) is 42.5 Å². The molecule has 8 heteroatoms. The maximum atomic E-state index is 13.3. The summed E-state index contributed by atoms with van der Waals surface area (Å²) in [5.74, 6) is 0.0318. The second kappa shape index (κ2) is 7.78. The van der Waals surface area contributed by atoms with E-state index in [2.05, 4.69) is 10.6 Å². The van der Waals surface area contributed by atoms with Gasteiger partial charge in [-0.15, -0.1) is 0 Å². The third-order valence-electron chi connectivity index (χ3n) is 6.40. The first-order chi connectivity index (χ1) is 14.2. The zero-order valence-electron chi connectivity index (χ0n) is 16.2. The number of nitrogen functional groups attached to an aromatic ring is 1. The molecule has 2 saturated heterocycles. The Morgan fingerprint density at radius 1 is 1.20 bits per heavy atom. The first-order valence-corrected chi connectivity index (χ1v) is 10.3. The summed E-state index contributed by atoms with van der Waals surface area (Å²) in [7, 11) is 0. The highest BCUT2D eigenvalue weighted by Crippen LogP contribution is 2.44. The topological polar surface area (TPSA) is 67.2 Å². The van der Waals surface area contributed by atoms with Gasteiger partial charge in [-0.25, -0.2) is 0 Å². The van der Waals surface area contributed by atoms with Crippen LogP contribution in [0.1, 0.15) is 53.2 Å². The van der Waals surface area contributed by atoms with Crippen molar-refractivity contribution in [1.82, 2.24) is 10.6 Å². The van der Waals surface area contributed by atoms with Crippen LogP contribution >= 0.6 is 11.6 Å². The lowest BCUT2D eigenvalue weighted by molar-refractivity contribution is -0.136. The molecule has 5 rings (SSSR count). The second-order valence-electron chi connectivity index (χ2n) is 8.21. The predicted octanol–water partition coefficient (Wildman–Crippen LogP) is 4.94. The molecular formula is C22H23ClF3N3O. The zero-order chi connectivity index (χ0) is 21.5. The molecule has 1 unspecified atom stereocenters. The molecule has 4 N–H and O–H groups in total. The van der Waals surface area contributed by atoms with Gasteiger partial charge in [0.15, 0.2) is 0 Å². The van der Waals surface area contributed by atoms with Crippen LogP contribution in [0.3, 0.4) is 0 Å².